The average Bonchev–Trinajstić information content (AvgIpc) is 3.65. The molecule has 3 aliphatic heterocycles. The summed E-state index contributed by atoms with van der Waals surface area (Å²) in [6.07, 6.45) is 8.26. The van der Waals surface area contributed by atoms with Gasteiger partial charge in [0.1, 0.15) is 11.6 Å². The number of thiophene rings is 1. The maximum atomic E-state index is 14.0. The van der Waals surface area contributed by atoms with Crippen LogP contribution < -0.4 is 10.6 Å². The van der Waals surface area contributed by atoms with Crippen molar-refractivity contribution in [3.05, 3.63) is 62.8 Å². The molecule has 2 N–H and O–H groups in total. The molecule has 1 spiro atoms. The van der Waals surface area contributed by atoms with Crippen molar-refractivity contribution < 1.29 is 19.1 Å². The van der Waals surface area contributed by atoms with E-state index in [9.17, 15) is 14.4 Å². The molecule has 10 heteroatoms. The highest BCUT2D eigenvalue weighted by Crippen LogP contribution is 2.55. The number of carbonyl (C=O) groups excluding carboxylic acids is 3. The molecule has 1 aromatic heterocycles. The number of carbonyl (C=O) groups is 3. The fourth-order valence-corrected chi connectivity index (χ4v) is 7.34. The summed E-state index contributed by atoms with van der Waals surface area (Å²) >= 11 is 13.7. The smallest absolute Gasteiger partial charge is 0.246 e. The highest BCUT2D eigenvalue weighted by molar-refractivity contribution is 7.09. The Morgan fingerprint density at radius 3 is 2.65 bits per heavy atom. The molecule has 3 fully saturated rings. The molecule has 5 atom stereocenters. The largest absolute Gasteiger partial charge is 0.359 e. The Morgan fingerprint density at radius 2 is 1.92 bits per heavy atom. The van der Waals surface area contributed by atoms with Crippen LogP contribution in [0.5, 0.6) is 0 Å². The number of nitrogens with one attached hydrogen (secondary N) is 2. The van der Waals surface area contributed by atoms with E-state index in [2.05, 4.69) is 10.6 Å². The predicted octanol–water partition coefficient (Wildman–Crippen LogP) is 4.79. The molecular formula is C27H27Cl2N3O4S. The number of benzene rings is 1. The van der Waals surface area contributed by atoms with Gasteiger partial charge in [0.25, 0.3) is 0 Å². The van der Waals surface area contributed by atoms with E-state index in [1.165, 1.54) is 17.8 Å². The minimum atomic E-state index is -1.18. The van der Waals surface area contributed by atoms with Crippen LogP contribution in [0.1, 0.15) is 37.0 Å². The zero-order valence-electron chi connectivity index (χ0n) is 20.0. The molecule has 1 aromatic carbocycles. The first kappa shape index (κ1) is 24.9. The highest BCUT2D eigenvalue weighted by Gasteiger charge is 2.72. The van der Waals surface area contributed by atoms with E-state index in [1.807, 2.05) is 29.7 Å². The van der Waals surface area contributed by atoms with Crippen molar-refractivity contribution in [2.75, 3.05) is 5.32 Å². The van der Waals surface area contributed by atoms with E-state index >= 15 is 0 Å². The van der Waals surface area contributed by atoms with Crippen LogP contribution in [0, 0.1) is 11.8 Å². The number of halogens is 2. The first-order valence-corrected chi connectivity index (χ1v) is 14.3. The summed E-state index contributed by atoms with van der Waals surface area (Å²) in [5, 5.41) is 8.72. The fraction of sp³-hybridized carbons (Fsp3) is 0.444. The van der Waals surface area contributed by atoms with E-state index in [1.54, 1.807) is 23.1 Å². The number of hydrogen-bond acceptors (Lipinski definition) is 5. The molecule has 4 aliphatic rings. The van der Waals surface area contributed by atoms with Crippen molar-refractivity contribution >= 4 is 57.9 Å². The Hall–Kier alpha value is -2.39. The molecule has 4 heterocycles. The molecule has 1 saturated carbocycles. The molecule has 2 bridgehead atoms. The molecule has 194 valence electrons. The summed E-state index contributed by atoms with van der Waals surface area (Å²) < 4.78 is 6.40. The Morgan fingerprint density at radius 1 is 1.11 bits per heavy atom. The summed E-state index contributed by atoms with van der Waals surface area (Å²) in [5.74, 6) is -2.37. The second-order valence-electron chi connectivity index (χ2n) is 10.2. The zero-order valence-corrected chi connectivity index (χ0v) is 22.3. The highest BCUT2D eigenvalue weighted by atomic mass is 35.5. The Labute approximate surface area is 229 Å². The van der Waals surface area contributed by atoms with Gasteiger partial charge in [-0.25, -0.2) is 0 Å². The zero-order chi connectivity index (χ0) is 25.7. The van der Waals surface area contributed by atoms with Gasteiger partial charge in [0, 0.05) is 16.6 Å². The van der Waals surface area contributed by atoms with E-state index < -0.39 is 29.6 Å². The maximum Gasteiger partial charge on any atom is 0.246 e. The van der Waals surface area contributed by atoms with Crippen LogP contribution in [0.4, 0.5) is 5.69 Å². The number of ether oxygens (including phenoxy) is 1. The topological polar surface area (TPSA) is 87.7 Å². The van der Waals surface area contributed by atoms with E-state index in [-0.39, 0.29) is 23.8 Å². The Kier molecular flexibility index (Phi) is 6.55. The van der Waals surface area contributed by atoms with Crippen LogP contribution in [-0.2, 0) is 25.7 Å². The third kappa shape index (κ3) is 4.28. The van der Waals surface area contributed by atoms with Crippen molar-refractivity contribution in [2.24, 2.45) is 11.8 Å². The number of rotatable bonds is 6. The molecule has 2 aromatic rings. The number of nitrogens with zero attached hydrogens (tertiary/aromatic N) is 1. The van der Waals surface area contributed by atoms with Gasteiger partial charge in [-0.1, -0.05) is 60.7 Å². The van der Waals surface area contributed by atoms with Crippen LogP contribution >= 0.6 is 34.5 Å². The van der Waals surface area contributed by atoms with Crippen molar-refractivity contribution in [2.45, 2.75) is 62.4 Å². The number of hydrogen-bond donors (Lipinski definition) is 2. The van der Waals surface area contributed by atoms with E-state index in [0.717, 1.165) is 30.6 Å². The summed E-state index contributed by atoms with van der Waals surface area (Å²) in [5.41, 5.74) is -0.704. The molecule has 1 aliphatic carbocycles. The van der Waals surface area contributed by atoms with E-state index in [4.69, 9.17) is 27.9 Å². The summed E-state index contributed by atoms with van der Waals surface area (Å²) in [7, 11) is 0. The third-order valence-corrected chi connectivity index (χ3v) is 9.57. The lowest BCUT2D eigenvalue weighted by molar-refractivity contribution is -0.142. The average molecular weight is 561 g/mol. The van der Waals surface area contributed by atoms with Gasteiger partial charge in [-0.3, -0.25) is 14.4 Å². The van der Waals surface area contributed by atoms with Crippen LogP contribution in [0.25, 0.3) is 0 Å². The predicted molar refractivity (Wildman–Crippen MR) is 142 cm³/mol. The molecule has 0 unspecified atom stereocenters. The van der Waals surface area contributed by atoms with Gasteiger partial charge >= 0.3 is 0 Å². The molecular weight excluding hydrogens is 533 g/mol. The van der Waals surface area contributed by atoms with Gasteiger partial charge in [0.15, 0.2) is 0 Å². The number of fused-ring (bicyclic) bond motifs is 1. The summed E-state index contributed by atoms with van der Waals surface area (Å²) in [6.45, 7) is 0.292. The van der Waals surface area contributed by atoms with Crippen molar-refractivity contribution in [1.29, 1.82) is 0 Å². The minimum Gasteiger partial charge on any atom is -0.359 e. The van der Waals surface area contributed by atoms with Crippen LogP contribution in [0.2, 0.25) is 10.0 Å². The van der Waals surface area contributed by atoms with Gasteiger partial charge < -0.3 is 20.3 Å². The summed E-state index contributed by atoms with van der Waals surface area (Å²) in [4.78, 5) is 43.9. The van der Waals surface area contributed by atoms with Gasteiger partial charge in [-0.2, -0.15) is 0 Å². The van der Waals surface area contributed by atoms with E-state index in [0.29, 0.717) is 22.3 Å². The van der Waals surface area contributed by atoms with Gasteiger partial charge in [-0.15, -0.1) is 11.3 Å². The van der Waals surface area contributed by atoms with Crippen molar-refractivity contribution in [3.63, 3.8) is 0 Å². The summed E-state index contributed by atoms with van der Waals surface area (Å²) in [6, 6.07) is 7.94. The van der Waals surface area contributed by atoms with Gasteiger partial charge in [0.2, 0.25) is 17.7 Å². The lowest BCUT2D eigenvalue weighted by Gasteiger charge is -2.34. The molecule has 0 radical (unpaired) electrons. The lowest BCUT2D eigenvalue weighted by Crippen LogP contribution is -2.56. The SMILES string of the molecule is O=C(Nc1ccc(Cl)c(Cl)c1)[C@@H]1[C@H]2C=C[C@]3(O2)[C@H](C(=O)NC2CCCCC2)N(Cc2cccs2)C(=O)[C@@H]13. The van der Waals surface area contributed by atoms with Crippen LogP contribution in [0.3, 0.4) is 0 Å². The maximum absolute atomic E-state index is 14.0. The molecule has 7 nitrogen and oxygen atoms in total. The molecule has 6 rings (SSSR count). The third-order valence-electron chi connectivity index (χ3n) is 7.97. The molecule has 2 saturated heterocycles. The standard InChI is InChI=1S/C27H27Cl2N3O4S/c28-18-9-8-16(13-19(18)29)31-24(33)21-20-10-11-27(36-20)22(21)26(35)32(14-17-7-4-12-37-17)23(27)25(34)30-15-5-2-1-3-6-15/h4,7-13,15,20-23H,1-3,5-6,14H2,(H,30,34)(H,31,33)/t20-,21-,22-,23+,27-/m1/s1. The normalized spacial score (nSPS) is 30.5. The lowest BCUT2D eigenvalue weighted by atomic mass is 9.74. The van der Waals surface area contributed by atoms with Crippen molar-refractivity contribution in [3.8, 4) is 0 Å². The first-order valence-electron chi connectivity index (χ1n) is 12.6. The Bertz CT molecular complexity index is 1260. The van der Waals surface area contributed by atoms with Crippen LogP contribution in [-0.4, -0.2) is 46.4 Å². The Balaban J connectivity index is 1.31. The van der Waals surface area contributed by atoms with Crippen LogP contribution in [0.15, 0.2) is 47.9 Å². The van der Waals surface area contributed by atoms with Gasteiger partial charge in [0.05, 0.1) is 34.5 Å². The minimum absolute atomic E-state index is 0.0896. The molecule has 3 amide bonds. The van der Waals surface area contributed by atoms with Gasteiger partial charge in [-0.05, 0) is 42.5 Å². The fourth-order valence-electron chi connectivity index (χ4n) is 6.33. The number of likely N-dealkylation sites (tertiary alicyclic amines) is 1. The number of anilines is 1. The second kappa shape index (κ2) is 9.73. The second-order valence-corrected chi connectivity index (χ2v) is 12.1. The van der Waals surface area contributed by atoms with Crippen molar-refractivity contribution in [1.82, 2.24) is 10.2 Å². The monoisotopic (exact) mass is 559 g/mol. The first-order chi connectivity index (χ1) is 17.9. The molecule has 37 heavy (non-hydrogen) atoms. The quantitative estimate of drug-likeness (QED) is 0.498. The number of amides is 3.